The van der Waals surface area contributed by atoms with Gasteiger partial charge in [-0.2, -0.15) is 0 Å². The van der Waals surface area contributed by atoms with Gasteiger partial charge in [-0.15, -0.1) is 11.3 Å². The number of aromatic nitrogens is 1. The Morgan fingerprint density at radius 2 is 1.87 bits per heavy atom. The van der Waals surface area contributed by atoms with Crippen molar-refractivity contribution < 1.29 is 14.4 Å². The number of rotatable bonds is 6. The highest BCUT2D eigenvalue weighted by atomic mass is 35.5. The molecule has 0 radical (unpaired) electrons. The maximum absolute atomic E-state index is 12.3. The summed E-state index contributed by atoms with van der Waals surface area (Å²) in [6.45, 7) is 1.47. The van der Waals surface area contributed by atoms with Gasteiger partial charge in [0.1, 0.15) is 0 Å². The number of halogens is 1. The van der Waals surface area contributed by atoms with E-state index in [2.05, 4.69) is 15.6 Å². The minimum atomic E-state index is -0.397. The molecular weight excluding hydrogens is 436 g/mol. The molecule has 2 N–H and O–H groups in total. The highest BCUT2D eigenvalue weighted by Gasteiger charge is 2.17. The zero-order valence-electron chi connectivity index (χ0n) is 16.8. The fourth-order valence-corrected chi connectivity index (χ4v) is 3.77. The van der Waals surface area contributed by atoms with Gasteiger partial charge in [0, 0.05) is 31.1 Å². The Kier molecular flexibility index (Phi) is 7.17. The molecule has 3 aromatic rings. The van der Waals surface area contributed by atoms with Gasteiger partial charge in [0.05, 0.1) is 22.0 Å². The van der Waals surface area contributed by atoms with E-state index in [1.54, 1.807) is 17.5 Å². The van der Waals surface area contributed by atoms with Gasteiger partial charge in [-0.25, -0.2) is 4.98 Å². The van der Waals surface area contributed by atoms with Gasteiger partial charge in [-0.05, 0) is 36.4 Å². The highest BCUT2D eigenvalue weighted by molar-refractivity contribution is 7.14. The Hall–Kier alpha value is -3.49. The van der Waals surface area contributed by atoms with Crippen molar-refractivity contribution in [2.24, 2.45) is 0 Å². The molecular formula is C22H19ClN4O3S. The number of nitrogens with one attached hydrogen (secondary N) is 2. The molecule has 3 amide bonds. The second-order valence-corrected chi connectivity index (χ2v) is 7.59. The van der Waals surface area contributed by atoms with Crippen LogP contribution in [0.25, 0.3) is 6.08 Å². The van der Waals surface area contributed by atoms with Crippen LogP contribution in [0.3, 0.4) is 0 Å². The molecule has 1 heterocycles. The van der Waals surface area contributed by atoms with Gasteiger partial charge in [-0.3, -0.25) is 19.3 Å². The number of hydrogen-bond donors (Lipinski definition) is 2. The predicted octanol–water partition coefficient (Wildman–Crippen LogP) is 4.49. The molecule has 158 valence electrons. The number of para-hydroxylation sites is 1. The van der Waals surface area contributed by atoms with Gasteiger partial charge in [0.2, 0.25) is 11.8 Å². The Balaban J connectivity index is 1.72. The molecule has 31 heavy (non-hydrogen) atoms. The number of amides is 3. The molecule has 0 unspecified atom stereocenters. The highest BCUT2D eigenvalue weighted by Crippen LogP contribution is 2.29. The first-order chi connectivity index (χ1) is 14.9. The van der Waals surface area contributed by atoms with E-state index in [-0.39, 0.29) is 22.4 Å². The lowest BCUT2D eigenvalue weighted by molar-refractivity contribution is -0.116. The van der Waals surface area contributed by atoms with Gasteiger partial charge in [0.15, 0.2) is 5.13 Å². The van der Waals surface area contributed by atoms with Crippen molar-refractivity contribution >= 4 is 63.2 Å². The normalized spacial score (nSPS) is 10.7. The van der Waals surface area contributed by atoms with Crippen molar-refractivity contribution in [3.8, 4) is 0 Å². The summed E-state index contributed by atoms with van der Waals surface area (Å²) in [4.78, 5) is 42.2. The topological polar surface area (TPSA) is 91.4 Å². The summed E-state index contributed by atoms with van der Waals surface area (Å²) >= 11 is 7.32. The molecule has 1 aromatic heterocycles. The first-order valence-electron chi connectivity index (χ1n) is 9.21. The van der Waals surface area contributed by atoms with Crippen molar-refractivity contribution in [3.05, 3.63) is 76.3 Å². The van der Waals surface area contributed by atoms with Gasteiger partial charge in [-0.1, -0.05) is 29.8 Å². The molecule has 0 saturated heterocycles. The lowest BCUT2D eigenvalue weighted by atomic mass is 10.2. The molecule has 2 aromatic carbocycles. The SMILES string of the molecule is CNC(=O)c1cc(NC(=O)/C=C/c2csc(N(C(C)=O)c3ccccc3)n2)ccc1Cl. The monoisotopic (exact) mass is 454 g/mol. The number of anilines is 3. The summed E-state index contributed by atoms with van der Waals surface area (Å²) < 4.78 is 0. The van der Waals surface area contributed by atoms with Crippen LogP contribution >= 0.6 is 22.9 Å². The summed E-state index contributed by atoms with van der Waals surface area (Å²) in [5.41, 5.74) is 1.95. The second-order valence-electron chi connectivity index (χ2n) is 6.34. The van der Waals surface area contributed by atoms with Crippen molar-refractivity contribution in [2.45, 2.75) is 6.92 Å². The van der Waals surface area contributed by atoms with Gasteiger partial charge >= 0.3 is 0 Å². The number of nitrogens with zero attached hydrogens (tertiary/aromatic N) is 2. The summed E-state index contributed by atoms with van der Waals surface area (Å²) in [7, 11) is 1.50. The van der Waals surface area contributed by atoms with Gasteiger partial charge < -0.3 is 10.6 Å². The predicted molar refractivity (Wildman–Crippen MR) is 124 cm³/mol. The third-order valence-corrected chi connectivity index (χ3v) is 5.32. The van der Waals surface area contributed by atoms with Crippen molar-refractivity contribution in [3.63, 3.8) is 0 Å². The molecule has 7 nitrogen and oxygen atoms in total. The Bertz CT molecular complexity index is 1140. The molecule has 3 rings (SSSR count). The van der Waals surface area contributed by atoms with Crippen LogP contribution in [0.5, 0.6) is 0 Å². The quantitative estimate of drug-likeness (QED) is 0.537. The second kappa shape index (κ2) is 10.0. The van der Waals surface area contributed by atoms with Crippen LogP contribution in [0.2, 0.25) is 5.02 Å². The van der Waals surface area contributed by atoms with Crippen LogP contribution in [0.1, 0.15) is 23.0 Å². The number of carbonyl (C=O) groups is 3. The zero-order valence-corrected chi connectivity index (χ0v) is 18.3. The fourth-order valence-electron chi connectivity index (χ4n) is 2.72. The minimum absolute atomic E-state index is 0.163. The fraction of sp³-hybridized carbons (Fsp3) is 0.0909. The maximum atomic E-state index is 12.3. The molecule has 9 heteroatoms. The zero-order chi connectivity index (χ0) is 22.4. The van der Waals surface area contributed by atoms with Gasteiger partial charge in [0.25, 0.3) is 5.91 Å². The standard InChI is InChI=1S/C22H19ClN4O3S/c1-14(28)27(17-6-4-3-5-7-17)22-26-16(13-31-22)9-11-20(29)25-15-8-10-19(23)18(12-15)21(30)24-2/h3-13H,1-2H3,(H,24,30)(H,25,29)/b11-9+. The van der Waals surface area contributed by atoms with E-state index >= 15 is 0 Å². The summed E-state index contributed by atoms with van der Waals surface area (Å²) in [6, 6.07) is 13.8. The van der Waals surface area contributed by atoms with Crippen LogP contribution in [-0.4, -0.2) is 29.8 Å². The Labute approximate surface area is 188 Å². The first-order valence-corrected chi connectivity index (χ1v) is 10.5. The number of benzene rings is 2. The molecule has 0 fully saturated rings. The van der Waals surface area contributed by atoms with E-state index in [0.717, 1.165) is 0 Å². The molecule has 0 aliphatic carbocycles. The maximum Gasteiger partial charge on any atom is 0.252 e. The first kappa shape index (κ1) is 22.2. The summed E-state index contributed by atoms with van der Waals surface area (Å²) in [5.74, 6) is -0.908. The lowest BCUT2D eigenvalue weighted by Gasteiger charge is -2.17. The van der Waals surface area contributed by atoms with Crippen LogP contribution in [-0.2, 0) is 9.59 Å². The molecule has 0 bridgehead atoms. The summed E-state index contributed by atoms with van der Waals surface area (Å²) in [5, 5.41) is 7.72. The summed E-state index contributed by atoms with van der Waals surface area (Å²) in [6.07, 6.45) is 2.88. The average Bonchev–Trinajstić information content (AvgIpc) is 3.22. The Morgan fingerprint density at radius 1 is 1.13 bits per heavy atom. The van der Waals surface area contributed by atoms with E-state index in [0.29, 0.717) is 22.2 Å². The van der Waals surface area contributed by atoms with Crippen LogP contribution < -0.4 is 15.5 Å². The Morgan fingerprint density at radius 3 is 2.55 bits per heavy atom. The molecule has 0 aliphatic rings. The number of thiazole rings is 1. The molecule has 0 saturated carbocycles. The van der Waals surface area contributed by atoms with Crippen LogP contribution in [0.4, 0.5) is 16.5 Å². The number of hydrogen-bond acceptors (Lipinski definition) is 5. The average molecular weight is 455 g/mol. The van der Waals surface area contributed by atoms with Crippen molar-refractivity contribution in [2.75, 3.05) is 17.3 Å². The van der Waals surface area contributed by atoms with E-state index in [4.69, 9.17) is 11.6 Å². The molecule has 0 spiro atoms. The minimum Gasteiger partial charge on any atom is -0.355 e. The van der Waals surface area contributed by atoms with Crippen molar-refractivity contribution in [1.82, 2.24) is 10.3 Å². The number of carbonyl (C=O) groups excluding carboxylic acids is 3. The third kappa shape index (κ3) is 5.56. The van der Waals surface area contributed by atoms with Crippen LogP contribution in [0, 0.1) is 0 Å². The van der Waals surface area contributed by atoms with Crippen molar-refractivity contribution in [1.29, 1.82) is 0 Å². The van der Waals surface area contributed by atoms with E-state index < -0.39 is 5.91 Å². The van der Waals surface area contributed by atoms with E-state index in [1.165, 1.54) is 48.4 Å². The lowest BCUT2D eigenvalue weighted by Crippen LogP contribution is -2.22. The van der Waals surface area contributed by atoms with Crippen LogP contribution in [0.15, 0.2) is 60.0 Å². The molecule has 0 atom stereocenters. The molecule has 0 aliphatic heterocycles. The largest absolute Gasteiger partial charge is 0.355 e. The smallest absolute Gasteiger partial charge is 0.252 e. The van der Waals surface area contributed by atoms with E-state index in [9.17, 15) is 14.4 Å². The van der Waals surface area contributed by atoms with E-state index in [1.807, 2.05) is 30.3 Å². The third-order valence-electron chi connectivity index (χ3n) is 4.14.